The lowest BCUT2D eigenvalue weighted by molar-refractivity contribution is -0.120. The van der Waals surface area contributed by atoms with Crippen LogP contribution in [0.3, 0.4) is 0 Å². The van der Waals surface area contributed by atoms with E-state index >= 15 is 0 Å². The Balaban J connectivity index is 1.76. The van der Waals surface area contributed by atoms with E-state index in [1.165, 1.54) is 18.2 Å². The second-order valence-corrected chi connectivity index (χ2v) is 7.70. The molecular formula is C27H25FN2O3. The Kier molecular flexibility index (Phi) is 6.54. The third kappa shape index (κ3) is 4.51. The zero-order valence-electron chi connectivity index (χ0n) is 18.6. The van der Waals surface area contributed by atoms with Crippen LogP contribution in [0.1, 0.15) is 31.4 Å². The summed E-state index contributed by atoms with van der Waals surface area (Å²) < 4.78 is 20.2. The number of nitrogens with zero attached hydrogens (tertiary/aromatic N) is 1. The van der Waals surface area contributed by atoms with Crippen molar-refractivity contribution in [1.29, 1.82) is 0 Å². The number of aryl methyl sites for hydroxylation is 1. The molecule has 0 saturated heterocycles. The lowest BCUT2D eigenvalue weighted by Gasteiger charge is -2.16. The number of ether oxygens (including phenoxy) is 1. The molecule has 0 atom stereocenters. The van der Waals surface area contributed by atoms with Crippen LogP contribution in [0.15, 0.2) is 78.5 Å². The molecule has 168 valence electrons. The van der Waals surface area contributed by atoms with Gasteiger partial charge in [0.25, 0.3) is 11.8 Å². The highest BCUT2D eigenvalue weighted by atomic mass is 19.1. The molecule has 1 heterocycles. The molecule has 33 heavy (non-hydrogen) atoms. The predicted molar refractivity (Wildman–Crippen MR) is 127 cm³/mol. The van der Waals surface area contributed by atoms with Crippen LogP contribution >= 0.6 is 0 Å². The van der Waals surface area contributed by atoms with Crippen molar-refractivity contribution in [1.82, 2.24) is 0 Å². The summed E-state index contributed by atoms with van der Waals surface area (Å²) in [6.07, 6.45) is 1.77. The van der Waals surface area contributed by atoms with Gasteiger partial charge in [-0.1, -0.05) is 50.2 Å². The zero-order chi connectivity index (χ0) is 23.4. The molecule has 0 saturated carbocycles. The number of amides is 2. The standard InChI is InChI=1S/C27H25FN2O3/c1-3-17-33-21-15-11-19(12-16-21)24-25(29-20-13-9-18(4-2)10-14-20)27(32)30(26(24)31)23-8-6-5-7-22(23)28/h5-16,29H,3-4,17H2,1-2H3. The van der Waals surface area contributed by atoms with Crippen molar-refractivity contribution in [3.63, 3.8) is 0 Å². The van der Waals surface area contributed by atoms with Crippen molar-refractivity contribution in [2.24, 2.45) is 0 Å². The van der Waals surface area contributed by atoms with Crippen molar-refractivity contribution in [2.45, 2.75) is 26.7 Å². The van der Waals surface area contributed by atoms with Crippen LogP contribution in [0.2, 0.25) is 0 Å². The van der Waals surface area contributed by atoms with Crippen LogP contribution in [-0.2, 0) is 16.0 Å². The molecule has 6 heteroatoms. The van der Waals surface area contributed by atoms with Crippen LogP contribution < -0.4 is 15.0 Å². The van der Waals surface area contributed by atoms with Crippen molar-refractivity contribution in [3.8, 4) is 5.75 Å². The quantitative estimate of drug-likeness (QED) is 0.461. The summed E-state index contributed by atoms with van der Waals surface area (Å²) >= 11 is 0. The predicted octanol–water partition coefficient (Wildman–Crippen LogP) is 5.57. The summed E-state index contributed by atoms with van der Waals surface area (Å²) in [6, 6.07) is 20.4. The Morgan fingerprint density at radius 2 is 1.58 bits per heavy atom. The number of rotatable bonds is 8. The van der Waals surface area contributed by atoms with Crippen LogP contribution in [0.4, 0.5) is 15.8 Å². The molecular weight excluding hydrogens is 419 g/mol. The summed E-state index contributed by atoms with van der Waals surface area (Å²) in [5.74, 6) is -1.16. The average molecular weight is 445 g/mol. The molecule has 4 rings (SSSR count). The van der Waals surface area contributed by atoms with E-state index in [1.54, 1.807) is 30.3 Å². The fraction of sp³-hybridized carbons (Fsp3) is 0.185. The third-order valence-corrected chi connectivity index (χ3v) is 5.42. The minimum absolute atomic E-state index is 0.0777. The SMILES string of the molecule is CCCOc1ccc(C2=C(Nc3ccc(CC)cc3)C(=O)N(c3ccccc3F)C2=O)cc1. The molecule has 1 N–H and O–H groups in total. The number of imide groups is 1. The minimum Gasteiger partial charge on any atom is -0.494 e. The molecule has 1 aliphatic rings. The highest BCUT2D eigenvalue weighted by Crippen LogP contribution is 2.35. The van der Waals surface area contributed by atoms with Gasteiger partial charge in [-0.25, -0.2) is 9.29 Å². The Morgan fingerprint density at radius 3 is 2.21 bits per heavy atom. The van der Waals surface area contributed by atoms with Crippen molar-refractivity contribution >= 4 is 28.8 Å². The first-order valence-electron chi connectivity index (χ1n) is 11.0. The highest BCUT2D eigenvalue weighted by molar-refractivity contribution is 6.46. The van der Waals surface area contributed by atoms with Crippen LogP contribution in [0.25, 0.3) is 5.57 Å². The number of halogens is 1. The normalized spacial score (nSPS) is 13.6. The maximum atomic E-state index is 14.5. The molecule has 0 fully saturated rings. The highest BCUT2D eigenvalue weighted by Gasteiger charge is 2.41. The molecule has 0 aromatic heterocycles. The topological polar surface area (TPSA) is 58.6 Å². The second kappa shape index (κ2) is 9.69. The number of anilines is 2. The molecule has 3 aromatic carbocycles. The van der Waals surface area contributed by atoms with E-state index in [2.05, 4.69) is 12.2 Å². The molecule has 0 spiro atoms. The summed E-state index contributed by atoms with van der Waals surface area (Å²) in [4.78, 5) is 27.7. The van der Waals surface area contributed by atoms with Crippen molar-refractivity contribution in [2.75, 3.05) is 16.8 Å². The number of nitrogens with one attached hydrogen (secondary N) is 1. The molecule has 0 bridgehead atoms. The van der Waals surface area contributed by atoms with Gasteiger partial charge in [-0.05, 0) is 60.4 Å². The van der Waals surface area contributed by atoms with Crippen molar-refractivity contribution in [3.05, 3.63) is 95.4 Å². The number of hydrogen-bond acceptors (Lipinski definition) is 4. The first-order valence-corrected chi connectivity index (χ1v) is 11.0. The third-order valence-electron chi connectivity index (χ3n) is 5.42. The summed E-state index contributed by atoms with van der Waals surface area (Å²) in [6.45, 7) is 4.66. The van der Waals surface area contributed by atoms with Crippen LogP contribution in [-0.4, -0.2) is 18.4 Å². The van der Waals surface area contributed by atoms with Gasteiger partial charge in [0.1, 0.15) is 17.3 Å². The number of hydrogen-bond donors (Lipinski definition) is 1. The van der Waals surface area contributed by atoms with E-state index in [-0.39, 0.29) is 17.0 Å². The van der Waals surface area contributed by atoms with E-state index in [0.29, 0.717) is 23.6 Å². The lowest BCUT2D eigenvalue weighted by atomic mass is 10.0. The van der Waals surface area contributed by atoms with E-state index in [4.69, 9.17) is 4.74 Å². The average Bonchev–Trinajstić information content (AvgIpc) is 3.08. The second-order valence-electron chi connectivity index (χ2n) is 7.70. The van der Waals surface area contributed by atoms with E-state index in [9.17, 15) is 14.0 Å². The van der Waals surface area contributed by atoms with Crippen LogP contribution in [0, 0.1) is 5.82 Å². The van der Waals surface area contributed by atoms with Gasteiger partial charge in [-0.3, -0.25) is 9.59 Å². The zero-order valence-corrected chi connectivity index (χ0v) is 18.6. The van der Waals surface area contributed by atoms with Gasteiger partial charge >= 0.3 is 0 Å². The Bertz CT molecular complexity index is 1200. The first-order chi connectivity index (χ1) is 16.0. The largest absolute Gasteiger partial charge is 0.494 e. The maximum Gasteiger partial charge on any atom is 0.282 e. The van der Waals surface area contributed by atoms with Crippen LogP contribution in [0.5, 0.6) is 5.75 Å². The number of para-hydroxylation sites is 1. The van der Waals surface area contributed by atoms with Gasteiger partial charge in [0, 0.05) is 5.69 Å². The summed E-state index contributed by atoms with van der Waals surface area (Å²) in [7, 11) is 0. The lowest BCUT2D eigenvalue weighted by Crippen LogP contribution is -2.33. The smallest absolute Gasteiger partial charge is 0.282 e. The molecule has 3 aromatic rings. The maximum absolute atomic E-state index is 14.5. The molecule has 2 amide bonds. The van der Waals surface area contributed by atoms with E-state index in [0.717, 1.165) is 23.3 Å². The Morgan fingerprint density at radius 1 is 0.879 bits per heavy atom. The molecule has 1 aliphatic heterocycles. The fourth-order valence-corrected chi connectivity index (χ4v) is 3.67. The number of benzene rings is 3. The first kappa shape index (κ1) is 22.3. The number of carbonyl (C=O) groups excluding carboxylic acids is 2. The van der Waals surface area contributed by atoms with Gasteiger partial charge in [0.05, 0.1) is 17.9 Å². The van der Waals surface area contributed by atoms with Gasteiger partial charge in [0.2, 0.25) is 0 Å². The summed E-state index contributed by atoms with van der Waals surface area (Å²) in [5.41, 5.74) is 2.58. The Hall–Kier alpha value is -3.93. The fourth-order valence-electron chi connectivity index (χ4n) is 3.67. The Labute approximate surface area is 192 Å². The van der Waals surface area contributed by atoms with Gasteiger partial charge in [-0.2, -0.15) is 0 Å². The van der Waals surface area contributed by atoms with Gasteiger partial charge in [-0.15, -0.1) is 0 Å². The molecule has 5 nitrogen and oxygen atoms in total. The van der Waals surface area contributed by atoms with Crippen molar-refractivity contribution < 1.29 is 18.7 Å². The molecule has 0 radical (unpaired) electrons. The minimum atomic E-state index is -0.643. The van der Waals surface area contributed by atoms with E-state index < -0.39 is 17.6 Å². The van der Waals surface area contributed by atoms with E-state index in [1.807, 2.05) is 31.2 Å². The van der Waals surface area contributed by atoms with Gasteiger partial charge < -0.3 is 10.1 Å². The monoisotopic (exact) mass is 444 g/mol. The molecule has 0 aliphatic carbocycles. The molecule has 0 unspecified atom stereocenters. The number of carbonyl (C=O) groups is 2. The summed E-state index contributed by atoms with van der Waals surface area (Å²) in [5, 5.41) is 3.10. The van der Waals surface area contributed by atoms with Gasteiger partial charge in [0.15, 0.2) is 0 Å².